The summed E-state index contributed by atoms with van der Waals surface area (Å²) in [6.45, 7) is 1.20. The Kier molecular flexibility index (Phi) is 6.19. The Morgan fingerprint density at radius 2 is 1.91 bits per heavy atom. The van der Waals surface area contributed by atoms with Gasteiger partial charge in [0.25, 0.3) is 5.91 Å². The fraction of sp³-hybridized carbons (Fsp3) is 0.440. The maximum Gasteiger partial charge on any atom is 0.271 e. The van der Waals surface area contributed by atoms with E-state index in [1.54, 1.807) is 16.6 Å². The van der Waals surface area contributed by atoms with Gasteiger partial charge in [-0.25, -0.2) is 9.67 Å². The molecule has 6 rings (SSSR count). The van der Waals surface area contributed by atoms with E-state index in [0.717, 1.165) is 48.5 Å². The number of carbonyl (C=O) groups is 2. The SMILES string of the molecule is CN1C(=O)CCOc2ccccc21.NC(=O)c1nn(C2CCCCO2)c2ccc(C3CC3)nc12. The fourth-order valence-corrected chi connectivity index (χ4v) is 4.35. The predicted molar refractivity (Wildman–Crippen MR) is 127 cm³/mol. The van der Waals surface area contributed by atoms with E-state index in [1.807, 2.05) is 36.4 Å². The molecule has 1 unspecified atom stereocenters. The molecule has 0 bridgehead atoms. The summed E-state index contributed by atoms with van der Waals surface area (Å²) in [4.78, 5) is 29.4. The van der Waals surface area contributed by atoms with Crippen LogP contribution in [0.3, 0.4) is 0 Å². The molecule has 178 valence electrons. The average molecular weight is 464 g/mol. The fourth-order valence-electron chi connectivity index (χ4n) is 4.35. The van der Waals surface area contributed by atoms with Crippen molar-refractivity contribution in [2.75, 3.05) is 25.2 Å². The first-order valence-corrected chi connectivity index (χ1v) is 11.8. The summed E-state index contributed by atoms with van der Waals surface area (Å²) in [7, 11) is 1.77. The van der Waals surface area contributed by atoms with Gasteiger partial charge in [-0.05, 0) is 56.4 Å². The average Bonchev–Trinajstić information content (AvgIpc) is 3.66. The molecule has 0 radical (unpaired) electrons. The zero-order valence-electron chi connectivity index (χ0n) is 19.3. The number of aromatic nitrogens is 3. The van der Waals surface area contributed by atoms with Crippen molar-refractivity contribution in [2.24, 2.45) is 5.73 Å². The van der Waals surface area contributed by atoms with Gasteiger partial charge in [0, 0.05) is 25.3 Å². The highest BCUT2D eigenvalue weighted by Crippen LogP contribution is 2.40. The topological polar surface area (TPSA) is 113 Å². The standard InChI is InChI=1S/C15H18N4O2.C10H11NO2/c16-15(20)14-13-11(7-6-10(17-13)9-4-5-9)19(18-14)12-3-1-2-8-21-12;1-11-8-4-2-3-5-9(8)13-7-6-10(11)12/h6-7,9,12H,1-5,8H2,(H2,16,20);2-5H,6-7H2,1H3. The molecule has 1 aliphatic carbocycles. The second kappa shape index (κ2) is 9.42. The molecule has 3 aliphatic rings. The second-order valence-electron chi connectivity index (χ2n) is 8.88. The summed E-state index contributed by atoms with van der Waals surface area (Å²) in [5, 5.41) is 4.39. The predicted octanol–water partition coefficient (Wildman–Crippen LogP) is 3.54. The largest absolute Gasteiger partial charge is 0.491 e. The maximum absolute atomic E-state index is 11.7. The van der Waals surface area contributed by atoms with Crippen molar-refractivity contribution in [1.82, 2.24) is 14.8 Å². The molecule has 2 fully saturated rings. The van der Waals surface area contributed by atoms with Crippen molar-refractivity contribution in [2.45, 2.75) is 50.7 Å². The van der Waals surface area contributed by atoms with E-state index in [-0.39, 0.29) is 17.8 Å². The van der Waals surface area contributed by atoms with Gasteiger partial charge < -0.3 is 20.1 Å². The lowest BCUT2D eigenvalue weighted by atomic mass is 10.2. The van der Waals surface area contributed by atoms with Crippen molar-refractivity contribution in [3.8, 4) is 5.75 Å². The third kappa shape index (κ3) is 4.48. The molecule has 34 heavy (non-hydrogen) atoms. The first-order valence-electron chi connectivity index (χ1n) is 11.8. The summed E-state index contributed by atoms with van der Waals surface area (Å²) in [6.07, 6.45) is 5.75. The van der Waals surface area contributed by atoms with E-state index in [4.69, 9.17) is 15.2 Å². The summed E-state index contributed by atoms with van der Waals surface area (Å²) >= 11 is 0. The summed E-state index contributed by atoms with van der Waals surface area (Å²) in [6, 6.07) is 11.6. The smallest absolute Gasteiger partial charge is 0.271 e. The third-order valence-electron chi connectivity index (χ3n) is 6.41. The number of carbonyl (C=O) groups excluding carboxylic acids is 2. The number of hydrogen-bond acceptors (Lipinski definition) is 6. The van der Waals surface area contributed by atoms with Crippen LogP contribution in [0.5, 0.6) is 5.75 Å². The third-order valence-corrected chi connectivity index (χ3v) is 6.41. The van der Waals surface area contributed by atoms with Crippen LogP contribution < -0.4 is 15.4 Å². The maximum atomic E-state index is 11.7. The van der Waals surface area contributed by atoms with Crippen LogP contribution in [0.1, 0.15) is 66.9 Å². The summed E-state index contributed by atoms with van der Waals surface area (Å²) in [5.41, 5.74) is 9.05. The van der Waals surface area contributed by atoms with Gasteiger partial charge in [-0.1, -0.05) is 12.1 Å². The molecule has 2 aromatic heterocycles. The number of amides is 2. The molecule has 9 heteroatoms. The number of nitrogens with zero attached hydrogens (tertiary/aromatic N) is 4. The van der Waals surface area contributed by atoms with E-state index in [0.29, 0.717) is 24.5 Å². The van der Waals surface area contributed by atoms with E-state index in [2.05, 4.69) is 10.1 Å². The highest BCUT2D eigenvalue weighted by atomic mass is 16.5. The zero-order valence-corrected chi connectivity index (χ0v) is 19.3. The number of hydrogen-bond donors (Lipinski definition) is 1. The number of primary amides is 1. The number of rotatable bonds is 3. The highest BCUT2D eigenvalue weighted by molar-refractivity contribution is 6.02. The monoisotopic (exact) mass is 463 g/mol. The molecule has 2 N–H and O–H groups in total. The lowest BCUT2D eigenvalue weighted by Crippen LogP contribution is -2.24. The molecule has 1 aromatic carbocycles. The lowest BCUT2D eigenvalue weighted by molar-refractivity contribution is -0.118. The van der Waals surface area contributed by atoms with Gasteiger partial charge in [0.15, 0.2) is 11.9 Å². The van der Waals surface area contributed by atoms with Crippen LogP contribution >= 0.6 is 0 Å². The Hall–Kier alpha value is -3.46. The normalized spacial score (nSPS) is 20.1. The minimum atomic E-state index is -0.532. The minimum Gasteiger partial charge on any atom is -0.491 e. The number of nitrogens with two attached hydrogens (primary N) is 1. The van der Waals surface area contributed by atoms with Crippen LogP contribution in [0.15, 0.2) is 36.4 Å². The Balaban J connectivity index is 0.000000159. The number of para-hydroxylation sites is 2. The van der Waals surface area contributed by atoms with Gasteiger partial charge in [-0.3, -0.25) is 9.59 Å². The number of fused-ring (bicyclic) bond motifs is 2. The first-order chi connectivity index (χ1) is 16.5. The minimum absolute atomic E-state index is 0.102. The van der Waals surface area contributed by atoms with Gasteiger partial charge in [0.1, 0.15) is 11.3 Å². The molecule has 1 saturated carbocycles. The van der Waals surface area contributed by atoms with E-state index >= 15 is 0 Å². The number of benzene rings is 1. The molecule has 4 heterocycles. The molecule has 2 aliphatic heterocycles. The van der Waals surface area contributed by atoms with Crippen LogP contribution in [-0.4, -0.2) is 46.8 Å². The van der Waals surface area contributed by atoms with Crippen molar-refractivity contribution in [3.63, 3.8) is 0 Å². The molecular weight excluding hydrogens is 434 g/mol. The molecule has 9 nitrogen and oxygen atoms in total. The van der Waals surface area contributed by atoms with Crippen molar-refractivity contribution in [3.05, 3.63) is 47.8 Å². The summed E-state index contributed by atoms with van der Waals surface area (Å²) in [5.74, 6) is 0.889. The van der Waals surface area contributed by atoms with E-state index in [9.17, 15) is 9.59 Å². The Morgan fingerprint density at radius 3 is 2.65 bits per heavy atom. The molecule has 1 saturated heterocycles. The lowest BCUT2D eigenvalue weighted by Gasteiger charge is -2.23. The van der Waals surface area contributed by atoms with Crippen LogP contribution in [0.2, 0.25) is 0 Å². The number of anilines is 1. The Morgan fingerprint density at radius 1 is 1.09 bits per heavy atom. The van der Waals surface area contributed by atoms with Crippen LogP contribution in [0.4, 0.5) is 5.69 Å². The van der Waals surface area contributed by atoms with E-state index < -0.39 is 5.91 Å². The molecule has 3 aromatic rings. The van der Waals surface area contributed by atoms with Crippen molar-refractivity contribution in [1.29, 1.82) is 0 Å². The number of ether oxygens (including phenoxy) is 2. The van der Waals surface area contributed by atoms with Crippen molar-refractivity contribution >= 4 is 28.5 Å². The van der Waals surface area contributed by atoms with Crippen LogP contribution in [-0.2, 0) is 9.53 Å². The van der Waals surface area contributed by atoms with Gasteiger partial charge in [0.05, 0.1) is 24.2 Å². The highest BCUT2D eigenvalue weighted by Gasteiger charge is 2.28. The molecule has 2 amide bonds. The molecule has 0 spiro atoms. The van der Waals surface area contributed by atoms with Gasteiger partial charge in [-0.2, -0.15) is 5.10 Å². The van der Waals surface area contributed by atoms with E-state index in [1.165, 1.54) is 12.8 Å². The van der Waals surface area contributed by atoms with Gasteiger partial charge in [-0.15, -0.1) is 0 Å². The number of pyridine rings is 1. The molecule has 1 atom stereocenters. The Bertz CT molecular complexity index is 1210. The van der Waals surface area contributed by atoms with Crippen molar-refractivity contribution < 1.29 is 19.1 Å². The second-order valence-corrected chi connectivity index (χ2v) is 8.88. The zero-order chi connectivity index (χ0) is 23.7. The Labute approximate surface area is 197 Å². The van der Waals surface area contributed by atoms with Gasteiger partial charge in [0.2, 0.25) is 5.91 Å². The first kappa shape index (κ1) is 22.3. The van der Waals surface area contributed by atoms with Gasteiger partial charge >= 0.3 is 0 Å². The van der Waals surface area contributed by atoms with Crippen LogP contribution in [0.25, 0.3) is 11.0 Å². The summed E-state index contributed by atoms with van der Waals surface area (Å²) < 4.78 is 13.0. The van der Waals surface area contributed by atoms with Crippen LogP contribution in [0, 0.1) is 0 Å². The quantitative estimate of drug-likeness (QED) is 0.636. The molecular formula is C25H29N5O4.